The molecule has 0 amide bonds. The molecule has 2 rings (SSSR count). The molecule has 1 nitrogen and oxygen atoms in total. The Morgan fingerprint density at radius 3 is 1.16 bits per heavy atom. The van der Waals surface area contributed by atoms with Gasteiger partial charge in [0, 0.05) is 0 Å². The molecule has 0 aliphatic rings. The van der Waals surface area contributed by atoms with E-state index in [2.05, 4.69) is 93.0 Å². The van der Waals surface area contributed by atoms with Gasteiger partial charge in [-0.2, -0.15) is 0 Å². The van der Waals surface area contributed by atoms with Crippen molar-refractivity contribution in [3.05, 3.63) is 71.8 Å². The van der Waals surface area contributed by atoms with Gasteiger partial charge < -0.3 is 4.65 Å². The molecule has 0 saturated heterocycles. The molecule has 0 spiro atoms. The predicted octanol–water partition coefficient (Wildman–Crippen LogP) is 6.11. The third kappa shape index (κ3) is 5.40. The van der Waals surface area contributed by atoms with Gasteiger partial charge in [-0.1, -0.05) is 88.4 Å². The first kappa shape index (κ1) is 20.1. The Morgan fingerprint density at radius 2 is 0.880 bits per heavy atom. The van der Waals surface area contributed by atoms with Crippen molar-refractivity contribution in [3.8, 4) is 0 Å². The third-order valence-corrected chi connectivity index (χ3v) is 17.8. The van der Waals surface area contributed by atoms with Gasteiger partial charge in [-0.3, -0.25) is 0 Å². The second-order valence-electron chi connectivity index (χ2n) is 7.42. The normalized spacial score (nSPS) is 12.3. The van der Waals surface area contributed by atoms with Crippen molar-refractivity contribution in [2.75, 3.05) is 0 Å². The maximum Gasteiger partial charge on any atom is 0.123 e. The second-order valence-corrected chi connectivity index (χ2v) is 17.1. The fraction of sp³-hybridized carbons (Fsp3) is 0.455. The predicted molar refractivity (Wildman–Crippen MR) is 117 cm³/mol. The lowest BCUT2D eigenvalue weighted by Crippen LogP contribution is -2.66. The molecule has 0 saturated carbocycles. The molecule has 1 N–H and O–H groups in total. The molecule has 25 heavy (non-hydrogen) atoms. The van der Waals surface area contributed by atoms with Crippen LogP contribution in [0.1, 0.15) is 38.8 Å². The van der Waals surface area contributed by atoms with E-state index >= 15 is 0 Å². The SMILES string of the molecule is CC[Si](CC)(Cc1ccccc1)N[Si](CC)(CC)Cc1ccccc1. The van der Waals surface area contributed by atoms with Crippen LogP contribution in [0.5, 0.6) is 0 Å². The van der Waals surface area contributed by atoms with Gasteiger partial charge in [0.15, 0.2) is 0 Å². The molecule has 0 aliphatic heterocycles. The summed E-state index contributed by atoms with van der Waals surface area (Å²) in [5.41, 5.74) is 3.03. The van der Waals surface area contributed by atoms with Crippen LogP contribution in [-0.4, -0.2) is 16.5 Å². The van der Waals surface area contributed by atoms with E-state index in [0.717, 1.165) is 0 Å². The van der Waals surface area contributed by atoms with Crippen molar-refractivity contribution in [1.82, 2.24) is 4.65 Å². The lowest BCUT2D eigenvalue weighted by Gasteiger charge is -2.42. The van der Waals surface area contributed by atoms with Crippen LogP contribution >= 0.6 is 0 Å². The van der Waals surface area contributed by atoms with E-state index in [1.807, 2.05) is 0 Å². The van der Waals surface area contributed by atoms with Crippen LogP contribution in [0.4, 0.5) is 0 Å². The smallest absolute Gasteiger partial charge is 0.123 e. The average molecular weight is 370 g/mol. The van der Waals surface area contributed by atoms with E-state index in [9.17, 15) is 0 Å². The largest absolute Gasteiger partial charge is 0.358 e. The maximum absolute atomic E-state index is 4.45. The molecular formula is C22H35NSi2. The Kier molecular flexibility index (Phi) is 7.66. The zero-order valence-electron chi connectivity index (χ0n) is 16.5. The van der Waals surface area contributed by atoms with Gasteiger partial charge in [-0.05, 0) is 47.4 Å². The number of rotatable bonds is 10. The topological polar surface area (TPSA) is 12.0 Å². The molecule has 0 radical (unpaired) electrons. The highest BCUT2D eigenvalue weighted by Crippen LogP contribution is 2.26. The molecule has 0 bridgehead atoms. The quantitative estimate of drug-likeness (QED) is 0.498. The molecule has 2 aromatic carbocycles. The van der Waals surface area contributed by atoms with Gasteiger partial charge in [-0.25, -0.2) is 0 Å². The molecule has 2 aromatic rings. The molecule has 0 atom stereocenters. The summed E-state index contributed by atoms with van der Waals surface area (Å²) in [4.78, 5) is 0. The van der Waals surface area contributed by atoms with Crippen molar-refractivity contribution in [3.63, 3.8) is 0 Å². The summed E-state index contributed by atoms with van der Waals surface area (Å²) < 4.78 is 4.45. The van der Waals surface area contributed by atoms with E-state index in [4.69, 9.17) is 0 Å². The number of nitrogens with one attached hydrogen (secondary N) is 1. The summed E-state index contributed by atoms with van der Waals surface area (Å²) >= 11 is 0. The summed E-state index contributed by atoms with van der Waals surface area (Å²) in [7, 11) is -3.01. The van der Waals surface area contributed by atoms with E-state index in [-0.39, 0.29) is 0 Å². The molecule has 0 unspecified atom stereocenters. The number of hydrogen-bond donors (Lipinski definition) is 1. The first-order valence-corrected chi connectivity index (χ1v) is 15.2. The van der Waals surface area contributed by atoms with E-state index in [1.54, 1.807) is 0 Å². The highest BCUT2D eigenvalue weighted by atomic mass is 28.4. The van der Waals surface area contributed by atoms with Gasteiger partial charge in [0.25, 0.3) is 0 Å². The van der Waals surface area contributed by atoms with Crippen molar-refractivity contribution >= 4 is 16.5 Å². The van der Waals surface area contributed by atoms with E-state index < -0.39 is 16.5 Å². The first-order chi connectivity index (χ1) is 12.1. The molecule has 136 valence electrons. The van der Waals surface area contributed by atoms with Crippen LogP contribution in [0.15, 0.2) is 60.7 Å². The zero-order chi connectivity index (χ0) is 18.2. The lowest BCUT2D eigenvalue weighted by atomic mass is 10.2. The summed E-state index contributed by atoms with van der Waals surface area (Å²) in [5, 5.41) is 0. The molecule has 0 heterocycles. The monoisotopic (exact) mass is 369 g/mol. The first-order valence-electron chi connectivity index (χ1n) is 9.98. The van der Waals surface area contributed by atoms with Crippen LogP contribution < -0.4 is 4.65 Å². The Labute approximate surface area is 157 Å². The van der Waals surface area contributed by atoms with Gasteiger partial charge in [-0.15, -0.1) is 0 Å². The minimum Gasteiger partial charge on any atom is -0.358 e. The standard InChI is InChI=1S/C22H35NSi2/c1-5-24(6-2,19-21-15-11-9-12-16-21)23-25(7-3,8-4)20-22-17-13-10-14-18-22/h9-18,23H,5-8,19-20H2,1-4H3. The van der Waals surface area contributed by atoms with Crippen LogP contribution in [0.3, 0.4) is 0 Å². The zero-order valence-corrected chi connectivity index (χ0v) is 18.5. The minimum atomic E-state index is -1.50. The van der Waals surface area contributed by atoms with Gasteiger partial charge in [0.2, 0.25) is 0 Å². The van der Waals surface area contributed by atoms with Crippen molar-refractivity contribution < 1.29 is 0 Å². The summed E-state index contributed by atoms with van der Waals surface area (Å²) in [6.07, 6.45) is 0. The highest BCUT2D eigenvalue weighted by molar-refractivity contribution is 6.92. The molecule has 0 aromatic heterocycles. The van der Waals surface area contributed by atoms with Crippen molar-refractivity contribution in [1.29, 1.82) is 0 Å². The van der Waals surface area contributed by atoms with Crippen molar-refractivity contribution in [2.24, 2.45) is 0 Å². The fourth-order valence-electron chi connectivity index (χ4n) is 3.98. The Bertz CT molecular complexity index is 549. The third-order valence-electron chi connectivity index (χ3n) is 6.01. The Hall–Kier alpha value is -1.17. The Morgan fingerprint density at radius 1 is 0.560 bits per heavy atom. The van der Waals surface area contributed by atoms with Crippen LogP contribution in [0.25, 0.3) is 0 Å². The highest BCUT2D eigenvalue weighted by Gasteiger charge is 2.39. The number of hydrogen-bond acceptors (Lipinski definition) is 1. The van der Waals surface area contributed by atoms with Crippen molar-refractivity contribution in [2.45, 2.75) is 64.0 Å². The van der Waals surface area contributed by atoms with Crippen LogP contribution in [0, 0.1) is 0 Å². The number of benzene rings is 2. The summed E-state index contributed by atoms with van der Waals surface area (Å²) in [6, 6.07) is 30.1. The molecule has 0 fully saturated rings. The Balaban J connectivity index is 2.26. The van der Waals surface area contributed by atoms with Gasteiger partial charge in [0.1, 0.15) is 16.5 Å². The van der Waals surface area contributed by atoms with E-state index in [1.165, 1.54) is 47.4 Å². The van der Waals surface area contributed by atoms with Gasteiger partial charge in [0.05, 0.1) is 0 Å². The van der Waals surface area contributed by atoms with Crippen LogP contribution in [-0.2, 0) is 12.1 Å². The average Bonchev–Trinajstić information content (AvgIpc) is 2.68. The van der Waals surface area contributed by atoms with Crippen LogP contribution in [0.2, 0.25) is 24.2 Å². The molecule has 0 aliphatic carbocycles. The lowest BCUT2D eigenvalue weighted by molar-refractivity contribution is 1.01. The minimum absolute atomic E-state index is 1.27. The molecular weight excluding hydrogens is 334 g/mol. The molecule has 3 heteroatoms. The van der Waals surface area contributed by atoms with E-state index in [0.29, 0.717) is 0 Å². The summed E-state index contributed by atoms with van der Waals surface area (Å²) in [5.74, 6) is 0. The van der Waals surface area contributed by atoms with Gasteiger partial charge >= 0.3 is 0 Å². The fourth-order valence-corrected chi connectivity index (χ4v) is 16.0. The second kappa shape index (κ2) is 9.51. The summed E-state index contributed by atoms with van der Waals surface area (Å²) in [6.45, 7) is 9.66. The maximum atomic E-state index is 4.45.